The number of hydrogen-bond acceptors (Lipinski definition) is 2. The largest absolute Gasteiger partial charge is 0.341 e. The van der Waals surface area contributed by atoms with Crippen molar-refractivity contribution in [3.05, 3.63) is 0 Å². The zero-order valence-corrected chi connectivity index (χ0v) is 15.7. The molecule has 4 nitrogen and oxygen atoms in total. The standard InChI is InChI=1S/C20H34N2O2/c1-20(2,3)19(24)21-12-6-10-16(14-21)18(23)22-13-7-11-17(22)15-8-4-5-9-15/h15-17H,4-14H2,1-3H3/t16-,17-/m1/s1. The molecule has 0 aromatic heterocycles. The third kappa shape index (κ3) is 3.62. The number of hydrogen-bond donors (Lipinski definition) is 0. The molecule has 2 amide bonds. The van der Waals surface area contributed by atoms with Gasteiger partial charge in [-0.1, -0.05) is 33.6 Å². The van der Waals surface area contributed by atoms with Crippen LogP contribution in [-0.4, -0.2) is 47.3 Å². The van der Waals surface area contributed by atoms with Gasteiger partial charge < -0.3 is 9.80 Å². The van der Waals surface area contributed by atoms with Gasteiger partial charge in [-0.15, -0.1) is 0 Å². The number of carbonyl (C=O) groups is 2. The van der Waals surface area contributed by atoms with Crippen LogP contribution in [0.3, 0.4) is 0 Å². The molecule has 2 aliphatic heterocycles. The molecule has 0 radical (unpaired) electrons. The molecule has 1 aliphatic carbocycles. The summed E-state index contributed by atoms with van der Waals surface area (Å²) < 4.78 is 0. The average Bonchev–Trinajstić information content (AvgIpc) is 3.23. The van der Waals surface area contributed by atoms with Gasteiger partial charge in [-0.2, -0.15) is 0 Å². The van der Waals surface area contributed by atoms with Crippen molar-refractivity contribution in [3.63, 3.8) is 0 Å². The molecule has 24 heavy (non-hydrogen) atoms. The third-order valence-electron chi connectivity index (χ3n) is 6.23. The number of amides is 2. The van der Waals surface area contributed by atoms with Gasteiger partial charge in [0.1, 0.15) is 0 Å². The summed E-state index contributed by atoms with van der Waals surface area (Å²) in [4.78, 5) is 29.9. The number of likely N-dealkylation sites (tertiary alicyclic amines) is 2. The first kappa shape index (κ1) is 17.8. The van der Waals surface area contributed by atoms with Crippen molar-refractivity contribution >= 4 is 11.8 Å². The van der Waals surface area contributed by atoms with Crippen molar-refractivity contribution in [3.8, 4) is 0 Å². The van der Waals surface area contributed by atoms with Crippen LogP contribution in [0.25, 0.3) is 0 Å². The van der Waals surface area contributed by atoms with E-state index in [9.17, 15) is 9.59 Å². The molecule has 1 saturated carbocycles. The molecule has 2 heterocycles. The molecule has 3 fully saturated rings. The van der Waals surface area contributed by atoms with Crippen LogP contribution in [0.5, 0.6) is 0 Å². The fourth-order valence-corrected chi connectivity index (χ4v) is 4.97. The predicted molar refractivity (Wildman–Crippen MR) is 95.5 cm³/mol. The highest BCUT2D eigenvalue weighted by Crippen LogP contribution is 2.36. The van der Waals surface area contributed by atoms with E-state index < -0.39 is 0 Å². The highest BCUT2D eigenvalue weighted by molar-refractivity contribution is 5.84. The Morgan fingerprint density at radius 1 is 0.875 bits per heavy atom. The summed E-state index contributed by atoms with van der Waals surface area (Å²) >= 11 is 0. The summed E-state index contributed by atoms with van der Waals surface area (Å²) in [6.45, 7) is 8.28. The SMILES string of the molecule is CC(C)(C)C(=O)N1CCC[C@@H](C(=O)N2CCC[C@@H]2C2CCCC2)C1. The molecule has 0 spiro atoms. The van der Waals surface area contributed by atoms with E-state index in [-0.39, 0.29) is 17.2 Å². The predicted octanol–water partition coefficient (Wildman–Crippen LogP) is 3.45. The topological polar surface area (TPSA) is 40.6 Å². The van der Waals surface area contributed by atoms with Crippen molar-refractivity contribution in [1.29, 1.82) is 0 Å². The van der Waals surface area contributed by atoms with E-state index in [4.69, 9.17) is 0 Å². The van der Waals surface area contributed by atoms with Gasteiger partial charge in [0.15, 0.2) is 0 Å². The smallest absolute Gasteiger partial charge is 0.227 e. The Morgan fingerprint density at radius 2 is 1.54 bits per heavy atom. The molecule has 0 aromatic rings. The Hall–Kier alpha value is -1.06. The summed E-state index contributed by atoms with van der Waals surface area (Å²) in [5.74, 6) is 1.27. The first-order valence-corrected chi connectivity index (χ1v) is 9.98. The number of nitrogens with zero attached hydrogens (tertiary/aromatic N) is 2. The van der Waals surface area contributed by atoms with Crippen molar-refractivity contribution in [1.82, 2.24) is 9.80 Å². The van der Waals surface area contributed by atoms with Gasteiger partial charge in [-0.3, -0.25) is 9.59 Å². The minimum atomic E-state index is -0.356. The molecule has 2 saturated heterocycles. The van der Waals surface area contributed by atoms with E-state index in [1.807, 2.05) is 25.7 Å². The summed E-state index contributed by atoms with van der Waals surface area (Å²) in [5, 5.41) is 0. The average molecular weight is 335 g/mol. The number of rotatable bonds is 2. The quantitative estimate of drug-likeness (QED) is 0.776. The van der Waals surface area contributed by atoms with Crippen LogP contribution in [0.15, 0.2) is 0 Å². The van der Waals surface area contributed by atoms with E-state index in [0.29, 0.717) is 18.5 Å². The second kappa shape index (κ2) is 7.05. The first-order valence-electron chi connectivity index (χ1n) is 9.98. The Morgan fingerprint density at radius 3 is 2.21 bits per heavy atom. The number of piperidine rings is 1. The maximum Gasteiger partial charge on any atom is 0.227 e. The third-order valence-corrected chi connectivity index (χ3v) is 6.23. The Labute approximate surface area is 146 Å². The lowest BCUT2D eigenvalue weighted by Gasteiger charge is -2.39. The van der Waals surface area contributed by atoms with Crippen LogP contribution in [0, 0.1) is 17.3 Å². The van der Waals surface area contributed by atoms with Crippen molar-refractivity contribution < 1.29 is 9.59 Å². The van der Waals surface area contributed by atoms with Crippen molar-refractivity contribution in [2.45, 2.75) is 78.2 Å². The summed E-state index contributed by atoms with van der Waals surface area (Å²) in [7, 11) is 0. The Kier molecular flexibility index (Phi) is 5.22. The van der Waals surface area contributed by atoms with E-state index in [0.717, 1.165) is 38.3 Å². The molecule has 136 valence electrons. The summed E-state index contributed by atoms with van der Waals surface area (Å²) in [6, 6.07) is 0.480. The molecule has 2 atom stereocenters. The highest BCUT2D eigenvalue weighted by atomic mass is 16.2. The summed E-state index contributed by atoms with van der Waals surface area (Å²) in [5.41, 5.74) is -0.356. The van der Waals surface area contributed by atoms with Crippen LogP contribution in [0.4, 0.5) is 0 Å². The number of carbonyl (C=O) groups excluding carboxylic acids is 2. The molecule has 0 aromatic carbocycles. The van der Waals surface area contributed by atoms with Crippen LogP contribution >= 0.6 is 0 Å². The molecule has 0 bridgehead atoms. The van der Waals surface area contributed by atoms with Crippen LogP contribution in [0.2, 0.25) is 0 Å². The zero-order chi connectivity index (χ0) is 17.3. The summed E-state index contributed by atoms with van der Waals surface area (Å²) in [6.07, 6.45) is 9.52. The molecule has 4 heteroatoms. The van der Waals surface area contributed by atoms with Crippen molar-refractivity contribution in [2.75, 3.05) is 19.6 Å². The van der Waals surface area contributed by atoms with Gasteiger partial charge in [0.2, 0.25) is 11.8 Å². The van der Waals surface area contributed by atoms with Gasteiger partial charge in [-0.05, 0) is 44.4 Å². The van der Waals surface area contributed by atoms with E-state index >= 15 is 0 Å². The zero-order valence-electron chi connectivity index (χ0n) is 15.7. The molecular formula is C20H34N2O2. The van der Waals surface area contributed by atoms with Gasteiger partial charge in [0, 0.05) is 31.1 Å². The second-order valence-corrected chi connectivity index (χ2v) is 9.13. The minimum Gasteiger partial charge on any atom is -0.341 e. The first-order chi connectivity index (χ1) is 11.4. The normalized spacial score (nSPS) is 29.3. The van der Waals surface area contributed by atoms with Crippen molar-refractivity contribution in [2.24, 2.45) is 17.3 Å². The highest BCUT2D eigenvalue weighted by Gasteiger charge is 2.40. The Balaban J connectivity index is 1.64. The lowest BCUT2D eigenvalue weighted by atomic mass is 9.90. The molecule has 0 unspecified atom stereocenters. The maximum absolute atomic E-state index is 13.2. The molecule has 3 rings (SSSR count). The van der Waals surface area contributed by atoms with Gasteiger partial charge >= 0.3 is 0 Å². The van der Waals surface area contributed by atoms with E-state index in [1.54, 1.807) is 0 Å². The van der Waals surface area contributed by atoms with Gasteiger partial charge in [-0.25, -0.2) is 0 Å². The van der Waals surface area contributed by atoms with Crippen LogP contribution in [0.1, 0.15) is 72.1 Å². The minimum absolute atomic E-state index is 0.0204. The van der Waals surface area contributed by atoms with E-state index in [1.165, 1.54) is 32.1 Å². The van der Waals surface area contributed by atoms with Crippen LogP contribution in [-0.2, 0) is 9.59 Å². The van der Waals surface area contributed by atoms with Gasteiger partial charge in [0.05, 0.1) is 5.92 Å². The van der Waals surface area contributed by atoms with Gasteiger partial charge in [0.25, 0.3) is 0 Å². The second-order valence-electron chi connectivity index (χ2n) is 9.13. The molecular weight excluding hydrogens is 300 g/mol. The lowest BCUT2D eigenvalue weighted by molar-refractivity contribution is -0.146. The maximum atomic E-state index is 13.2. The van der Waals surface area contributed by atoms with Crippen LogP contribution < -0.4 is 0 Å². The van der Waals surface area contributed by atoms with E-state index in [2.05, 4.69) is 4.90 Å². The fourth-order valence-electron chi connectivity index (χ4n) is 4.97. The monoisotopic (exact) mass is 334 g/mol. The molecule has 0 N–H and O–H groups in total. The Bertz CT molecular complexity index is 477. The lowest BCUT2D eigenvalue weighted by Crippen LogP contribution is -2.51. The molecule has 3 aliphatic rings. The fraction of sp³-hybridized carbons (Fsp3) is 0.900.